The van der Waals surface area contributed by atoms with Crippen LogP contribution < -0.4 is 10.2 Å². The maximum Gasteiger partial charge on any atom is 0.185 e. The molecule has 1 N–H and O–H groups in total. The molecule has 5 heteroatoms. The zero-order chi connectivity index (χ0) is 12.8. The van der Waals surface area contributed by atoms with Crippen LogP contribution in [0.25, 0.3) is 0 Å². The van der Waals surface area contributed by atoms with Crippen molar-refractivity contribution in [3.8, 4) is 0 Å². The largest absolute Gasteiger partial charge is 0.376 e. The molecule has 1 aromatic heterocycles. The normalized spacial score (nSPS) is 19.3. The van der Waals surface area contributed by atoms with Gasteiger partial charge < -0.3 is 15.0 Å². The second-order valence-electron chi connectivity index (χ2n) is 4.58. The van der Waals surface area contributed by atoms with Crippen LogP contribution in [0.4, 0.5) is 5.13 Å². The first-order valence-electron chi connectivity index (χ1n) is 6.85. The molecule has 1 aliphatic heterocycles. The summed E-state index contributed by atoms with van der Waals surface area (Å²) in [6.07, 6.45) is 2.78. The van der Waals surface area contributed by atoms with Crippen LogP contribution in [0.3, 0.4) is 0 Å². The van der Waals surface area contributed by atoms with Crippen LogP contribution in [-0.4, -0.2) is 37.3 Å². The van der Waals surface area contributed by atoms with Gasteiger partial charge in [0.05, 0.1) is 11.8 Å². The van der Waals surface area contributed by atoms with E-state index in [9.17, 15) is 0 Å². The van der Waals surface area contributed by atoms with E-state index in [0.29, 0.717) is 6.10 Å². The Morgan fingerprint density at radius 3 is 3.11 bits per heavy atom. The Morgan fingerprint density at radius 1 is 1.56 bits per heavy atom. The molecule has 0 saturated carbocycles. The second kappa shape index (κ2) is 7.07. The highest BCUT2D eigenvalue weighted by Gasteiger charge is 2.20. The number of aromatic nitrogens is 1. The molecule has 2 heterocycles. The Balaban J connectivity index is 1.91. The molecule has 0 radical (unpaired) electrons. The summed E-state index contributed by atoms with van der Waals surface area (Å²) in [5.74, 6) is 0. The molecule has 1 unspecified atom stereocenters. The average Bonchev–Trinajstić information content (AvgIpc) is 3.04. The Labute approximate surface area is 113 Å². The minimum Gasteiger partial charge on any atom is -0.376 e. The van der Waals surface area contributed by atoms with Gasteiger partial charge in [-0.1, -0.05) is 6.92 Å². The highest BCUT2D eigenvalue weighted by atomic mass is 32.1. The maximum absolute atomic E-state index is 5.70. The molecule has 102 valence electrons. The quantitative estimate of drug-likeness (QED) is 0.824. The van der Waals surface area contributed by atoms with Gasteiger partial charge in [-0.25, -0.2) is 4.98 Å². The molecule has 0 amide bonds. The lowest BCUT2D eigenvalue weighted by Gasteiger charge is -2.23. The molecule has 1 aromatic rings. The first kappa shape index (κ1) is 13.8. The van der Waals surface area contributed by atoms with Gasteiger partial charge in [-0.05, 0) is 26.3 Å². The van der Waals surface area contributed by atoms with Gasteiger partial charge in [0.15, 0.2) is 5.13 Å². The molecule has 2 rings (SSSR count). The highest BCUT2D eigenvalue weighted by Crippen LogP contribution is 2.23. The fourth-order valence-corrected chi connectivity index (χ4v) is 3.05. The zero-order valence-electron chi connectivity index (χ0n) is 11.3. The predicted octanol–water partition coefficient (Wildman–Crippen LogP) is 2.26. The standard InChI is InChI=1S/C13H23N3OS/c1-3-14-8-11-10-18-13(15-11)16(4-2)9-12-6-5-7-17-12/h10,12,14H,3-9H2,1-2H3. The molecule has 0 aliphatic carbocycles. The second-order valence-corrected chi connectivity index (χ2v) is 5.41. The first-order valence-corrected chi connectivity index (χ1v) is 7.73. The molecule has 1 fully saturated rings. The third-order valence-corrected chi connectivity index (χ3v) is 4.15. The Morgan fingerprint density at radius 2 is 2.44 bits per heavy atom. The van der Waals surface area contributed by atoms with Crippen LogP contribution in [0.5, 0.6) is 0 Å². The lowest BCUT2D eigenvalue weighted by atomic mass is 10.2. The lowest BCUT2D eigenvalue weighted by Crippen LogP contribution is -2.32. The van der Waals surface area contributed by atoms with E-state index in [1.54, 1.807) is 11.3 Å². The van der Waals surface area contributed by atoms with E-state index >= 15 is 0 Å². The van der Waals surface area contributed by atoms with Crippen molar-refractivity contribution in [2.75, 3.05) is 31.1 Å². The summed E-state index contributed by atoms with van der Waals surface area (Å²) >= 11 is 1.74. The van der Waals surface area contributed by atoms with Crippen molar-refractivity contribution in [2.24, 2.45) is 0 Å². The van der Waals surface area contributed by atoms with Crippen molar-refractivity contribution in [3.63, 3.8) is 0 Å². The van der Waals surface area contributed by atoms with Gasteiger partial charge in [-0.2, -0.15) is 0 Å². The molecule has 18 heavy (non-hydrogen) atoms. The van der Waals surface area contributed by atoms with Crippen LogP contribution in [0.15, 0.2) is 5.38 Å². The number of likely N-dealkylation sites (N-methyl/N-ethyl adjacent to an activating group) is 1. The summed E-state index contributed by atoms with van der Waals surface area (Å²) in [6.45, 7) is 9.04. The van der Waals surface area contributed by atoms with E-state index in [0.717, 1.165) is 43.6 Å². The van der Waals surface area contributed by atoms with Gasteiger partial charge in [0, 0.05) is 31.6 Å². The zero-order valence-corrected chi connectivity index (χ0v) is 12.1. The number of nitrogens with one attached hydrogen (secondary N) is 1. The summed E-state index contributed by atoms with van der Waals surface area (Å²) in [5, 5.41) is 6.58. The van der Waals surface area contributed by atoms with E-state index in [4.69, 9.17) is 4.74 Å². The molecular weight excluding hydrogens is 246 g/mol. The monoisotopic (exact) mass is 269 g/mol. The molecule has 1 aliphatic rings. The number of anilines is 1. The van der Waals surface area contributed by atoms with Gasteiger partial charge in [-0.15, -0.1) is 11.3 Å². The SMILES string of the molecule is CCNCc1csc(N(CC)CC2CCCO2)n1. The maximum atomic E-state index is 5.70. The highest BCUT2D eigenvalue weighted by molar-refractivity contribution is 7.13. The van der Waals surface area contributed by atoms with Crippen molar-refractivity contribution >= 4 is 16.5 Å². The van der Waals surface area contributed by atoms with Crippen LogP contribution in [0.1, 0.15) is 32.4 Å². The number of rotatable bonds is 7. The van der Waals surface area contributed by atoms with Crippen LogP contribution in [-0.2, 0) is 11.3 Å². The molecule has 4 nitrogen and oxygen atoms in total. The van der Waals surface area contributed by atoms with Gasteiger partial charge in [-0.3, -0.25) is 0 Å². The summed E-state index contributed by atoms with van der Waals surface area (Å²) in [7, 11) is 0. The van der Waals surface area contributed by atoms with Crippen molar-refractivity contribution in [1.29, 1.82) is 0 Å². The summed E-state index contributed by atoms with van der Waals surface area (Å²) in [6, 6.07) is 0. The molecular formula is C13H23N3OS. The smallest absolute Gasteiger partial charge is 0.185 e. The fourth-order valence-electron chi connectivity index (χ4n) is 2.15. The lowest BCUT2D eigenvalue weighted by molar-refractivity contribution is 0.115. The molecule has 1 saturated heterocycles. The van der Waals surface area contributed by atoms with E-state index < -0.39 is 0 Å². The van der Waals surface area contributed by atoms with Gasteiger partial charge in [0.2, 0.25) is 0 Å². The summed E-state index contributed by atoms with van der Waals surface area (Å²) < 4.78 is 5.70. The Bertz CT molecular complexity index is 350. The van der Waals surface area contributed by atoms with Crippen molar-refractivity contribution in [1.82, 2.24) is 10.3 Å². The minimum atomic E-state index is 0.395. The van der Waals surface area contributed by atoms with E-state index in [-0.39, 0.29) is 0 Å². The van der Waals surface area contributed by atoms with Gasteiger partial charge in [0.1, 0.15) is 0 Å². The average molecular weight is 269 g/mol. The molecule has 0 aromatic carbocycles. The van der Waals surface area contributed by atoms with Crippen LogP contribution in [0.2, 0.25) is 0 Å². The molecule has 1 atom stereocenters. The van der Waals surface area contributed by atoms with E-state index in [2.05, 4.69) is 34.4 Å². The van der Waals surface area contributed by atoms with Gasteiger partial charge in [0.25, 0.3) is 0 Å². The molecule has 0 spiro atoms. The summed E-state index contributed by atoms with van der Waals surface area (Å²) in [5.41, 5.74) is 1.14. The first-order chi connectivity index (χ1) is 8.83. The fraction of sp³-hybridized carbons (Fsp3) is 0.769. The summed E-state index contributed by atoms with van der Waals surface area (Å²) in [4.78, 5) is 7.02. The van der Waals surface area contributed by atoms with Crippen LogP contribution in [0, 0.1) is 0 Å². The van der Waals surface area contributed by atoms with Gasteiger partial charge >= 0.3 is 0 Å². The van der Waals surface area contributed by atoms with Crippen molar-refractivity contribution in [3.05, 3.63) is 11.1 Å². The van der Waals surface area contributed by atoms with E-state index in [1.807, 2.05) is 0 Å². The topological polar surface area (TPSA) is 37.4 Å². The third-order valence-electron chi connectivity index (χ3n) is 3.20. The Hall–Kier alpha value is -0.650. The Kier molecular flexibility index (Phi) is 5.41. The number of thiazole rings is 1. The molecule has 0 bridgehead atoms. The minimum absolute atomic E-state index is 0.395. The van der Waals surface area contributed by atoms with Crippen molar-refractivity contribution < 1.29 is 4.74 Å². The predicted molar refractivity (Wildman–Crippen MR) is 76.4 cm³/mol. The van der Waals surface area contributed by atoms with Crippen molar-refractivity contribution in [2.45, 2.75) is 39.3 Å². The number of hydrogen-bond donors (Lipinski definition) is 1. The number of nitrogens with zero attached hydrogens (tertiary/aromatic N) is 2. The van der Waals surface area contributed by atoms with Crippen LogP contribution >= 0.6 is 11.3 Å². The number of ether oxygens (including phenoxy) is 1. The third kappa shape index (κ3) is 3.67. The number of hydrogen-bond acceptors (Lipinski definition) is 5. The van der Waals surface area contributed by atoms with E-state index in [1.165, 1.54) is 12.8 Å².